The van der Waals surface area contributed by atoms with E-state index in [-0.39, 0.29) is 18.5 Å². The Morgan fingerprint density at radius 1 is 1.19 bits per heavy atom. The molecule has 1 heterocycles. The lowest BCUT2D eigenvalue weighted by atomic mass is 10.1. The minimum Gasteiger partial charge on any atom is -0.495 e. The van der Waals surface area contributed by atoms with Crippen LogP contribution < -0.4 is 10.1 Å². The van der Waals surface area contributed by atoms with Gasteiger partial charge in [-0.3, -0.25) is 9.59 Å². The summed E-state index contributed by atoms with van der Waals surface area (Å²) in [6, 6.07) is 11.2. The summed E-state index contributed by atoms with van der Waals surface area (Å²) in [6.45, 7) is 1.67. The molecule has 0 aliphatic heterocycles. The Morgan fingerprint density at radius 3 is 2.69 bits per heavy atom. The number of ether oxygens (including phenoxy) is 2. The van der Waals surface area contributed by atoms with Gasteiger partial charge in [0.05, 0.1) is 18.7 Å². The highest BCUT2D eigenvalue weighted by molar-refractivity contribution is 6.07. The number of hydrogen-bond donors (Lipinski definition) is 1. The lowest BCUT2D eigenvalue weighted by molar-refractivity contribution is -0.148. The van der Waals surface area contributed by atoms with Crippen molar-refractivity contribution in [2.45, 2.75) is 13.3 Å². The summed E-state index contributed by atoms with van der Waals surface area (Å²) < 4.78 is 16.3. The highest BCUT2D eigenvalue weighted by atomic mass is 16.5. The minimum absolute atomic E-state index is 0.0655. The van der Waals surface area contributed by atoms with Crippen molar-refractivity contribution in [3.63, 3.8) is 0 Å². The number of methoxy groups -OCH3 is 1. The summed E-state index contributed by atoms with van der Waals surface area (Å²) in [5, 5.41) is 4.61. The zero-order valence-corrected chi connectivity index (χ0v) is 14.6. The second-order valence-electron chi connectivity index (χ2n) is 6.62. The Morgan fingerprint density at radius 2 is 1.96 bits per heavy atom. The monoisotopic (exact) mass is 353 g/mol. The van der Waals surface area contributed by atoms with E-state index in [1.165, 1.54) is 7.11 Å². The molecule has 26 heavy (non-hydrogen) atoms. The second kappa shape index (κ2) is 6.37. The zero-order valence-electron chi connectivity index (χ0n) is 14.6. The van der Waals surface area contributed by atoms with E-state index in [1.54, 1.807) is 6.07 Å². The fourth-order valence-corrected chi connectivity index (χ4v) is 3.10. The second-order valence-corrected chi connectivity index (χ2v) is 6.62. The van der Waals surface area contributed by atoms with Crippen LogP contribution in [0, 0.1) is 11.8 Å². The van der Waals surface area contributed by atoms with Crippen LogP contribution in [-0.2, 0) is 14.3 Å². The van der Waals surface area contributed by atoms with E-state index < -0.39 is 5.91 Å². The van der Waals surface area contributed by atoms with Crippen molar-refractivity contribution in [3.05, 3.63) is 36.4 Å². The van der Waals surface area contributed by atoms with Crippen molar-refractivity contribution < 1.29 is 23.5 Å². The number of esters is 1. The highest BCUT2D eigenvalue weighted by Crippen LogP contribution is 2.39. The largest absolute Gasteiger partial charge is 0.495 e. The van der Waals surface area contributed by atoms with Crippen LogP contribution in [0.3, 0.4) is 0 Å². The van der Waals surface area contributed by atoms with Crippen molar-refractivity contribution >= 4 is 39.5 Å². The number of nitrogens with one attached hydrogen (secondary N) is 1. The standard InChI is InChI=1S/C20H19NO5/c1-11-7-13(11)20(23)25-10-19(22)21-15-9-17-14(8-18(15)24-2)12-5-3-4-6-16(12)26-17/h3-6,8-9,11,13H,7,10H2,1-2H3,(H,21,22)/t11-,13+/m1/s1. The predicted octanol–water partition coefficient (Wildman–Crippen LogP) is 3.73. The third-order valence-electron chi connectivity index (χ3n) is 4.73. The molecular formula is C20H19NO5. The van der Waals surface area contributed by atoms with Gasteiger partial charge in [-0.1, -0.05) is 25.1 Å². The molecule has 6 heteroatoms. The van der Waals surface area contributed by atoms with E-state index in [0.29, 0.717) is 22.9 Å². The number of benzene rings is 2. The van der Waals surface area contributed by atoms with E-state index in [0.717, 1.165) is 22.8 Å². The molecule has 1 aliphatic carbocycles. The molecule has 1 saturated carbocycles. The maximum atomic E-state index is 12.1. The average Bonchev–Trinajstić information content (AvgIpc) is 3.26. The average molecular weight is 353 g/mol. The van der Waals surface area contributed by atoms with Gasteiger partial charge in [0.1, 0.15) is 16.9 Å². The van der Waals surface area contributed by atoms with E-state index in [4.69, 9.17) is 13.9 Å². The number of amides is 1. The van der Waals surface area contributed by atoms with E-state index in [2.05, 4.69) is 5.32 Å². The van der Waals surface area contributed by atoms with Crippen LogP contribution in [0.5, 0.6) is 5.75 Å². The van der Waals surface area contributed by atoms with E-state index >= 15 is 0 Å². The molecule has 4 rings (SSSR count). The van der Waals surface area contributed by atoms with Crippen LogP contribution in [-0.4, -0.2) is 25.6 Å². The maximum Gasteiger partial charge on any atom is 0.309 e. The number of carbonyl (C=O) groups excluding carboxylic acids is 2. The Balaban J connectivity index is 1.54. The van der Waals surface area contributed by atoms with Gasteiger partial charge < -0.3 is 19.2 Å². The number of furan rings is 1. The number of carbonyl (C=O) groups is 2. The van der Waals surface area contributed by atoms with Gasteiger partial charge in [0.25, 0.3) is 5.91 Å². The first-order valence-electron chi connectivity index (χ1n) is 8.52. The number of fused-ring (bicyclic) bond motifs is 3. The molecule has 0 radical (unpaired) electrons. The molecule has 2 atom stereocenters. The van der Waals surface area contributed by atoms with Crippen molar-refractivity contribution in [2.75, 3.05) is 19.0 Å². The smallest absolute Gasteiger partial charge is 0.309 e. The molecule has 1 aliphatic rings. The Kier molecular flexibility index (Phi) is 4.03. The van der Waals surface area contributed by atoms with E-state index in [9.17, 15) is 9.59 Å². The van der Waals surface area contributed by atoms with Crippen LogP contribution in [0.15, 0.2) is 40.8 Å². The summed E-state index contributed by atoms with van der Waals surface area (Å²) in [5.41, 5.74) is 1.88. The zero-order chi connectivity index (χ0) is 18.3. The molecule has 0 unspecified atom stereocenters. The summed E-state index contributed by atoms with van der Waals surface area (Å²) in [4.78, 5) is 23.9. The molecular weight excluding hydrogens is 334 g/mol. The van der Waals surface area contributed by atoms with Crippen molar-refractivity contribution in [3.8, 4) is 5.75 Å². The molecule has 1 N–H and O–H groups in total. The van der Waals surface area contributed by atoms with Gasteiger partial charge in [-0.2, -0.15) is 0 Å². The molecule has 0 saturated heterocycles. The van der Waals surface area contributed by atoms with Crippen LogP contribution >= 0.6 is 0 Å². The van der Waals surface area contributed by atoms with Gasteiger partial charge in [-0.15, -0.1) is 0 Å². The Hall–Kier alpha value is -3.02. The SMILES string of the molecule is COc1cc2c(cc1NC(=O)COC(=O)[C@H]1C[C@H]1C)oc1ccccc12. The molecule has 0 bridgehead atoms. The number of hydrogen-bond acceptors (Lipinski definition) is 5. The van der Waals surface area contributed by atoms with Crippen molar-refractivity contribution in [2.24, 2.45) is 11.8 Å². The van der Waals surface area contributed by atoms with Crippen molar-refractivity contribution in [1.29, 1.82) is 0 Å². The van der Waals surface area contributed by atoms with Gasteiger partial charge in [-0.25, -0.2) is 0 Å². The number of para-hydroxylation sites is 1. The first-order chi connectivity index (χ1) is 12.6. The summed E-state index contributed by atoms with van der Waals surface area (Å²) in [5.74, 6) is 0.0673. The molecule has 1 amide bonds. The van der Waals surface area contributed by atoms with E-state index in [1.807, 2.05) is 37.3 Å². The van der Waals surface area contributed by atoms with Gasteiger partial charge in [-0.05, 0) is 24.5 Å². The first-order valence-corrected chi connectivity index (χ1v) is 8.52. The Bertz CT molecular complexity index is 1010. The van der Waals surface area contributed by atoms with Crippen LogP contribution in [0.2, 0.25) is 0 Å². The van der Waals surface area contributed by atoms with Gasteiger partial charge in [0.2, 0.25) is 0 Å². The molecule has 3 aromatic rings. The third kappa shape index (κ3) is 2.98. The third-order valence-corrected chi connectivity index (χ3v) is 4.73. The summed E-state index contributed by atoms with van der Waals surface area (Å²) >= 11 is 0. The van der Waals surface area contributed by atoms with Crippen LogP contribution in [0.4, 0.5) is 5.69 Å². The lowest BCUT2D eigenvalue weighted by Gasteiger charge is -2.10. The fourth-order valence-electron chi connectivity index (χ4n) is 3.10. The van der Waals surface area contributed by atoms with Gasteiger partial charge in [0.15, 0.2) is 6.61 Å². The summed E-state index contributed by atoms with van der Waals surface area (Å²) in [7, 11) is 1.54. The minimum atomic E-state index is -0.416. The normalized spacial score (nSPS) is 18.7. The first kappa shape index (κ1) is 16.4. The molecule has 2 aromatic carbocycles. The molecule has 1 aromatic heterocycles. The van der Waals surface area contributed by atoms with Gasteiger partial charge >= 0.3 is 5.97 Å². The highest BCUT2D eigenvalue weighted by Gasteiger charge is 2.40. The van der Waals surface area contributed by atoms with Gasteiger partial charge in [0, 0.05) is 16.8 Å². The lowest BCUT2D eigenvalue weighted by Crippen LogP contribution is -2.22. The summed E-state index contributed by atoms with van der Waals surface area (Å²) in [6.07, 6.45) is 0.830. The number of rotatable bonds is 5. The molecule has 1 fully saturated rings. The quantitative estimate of drug-likeness (QED) is 0.707. The maximum absolute atomic E-state index is 12.1. The molecule has 0 spiro atoms. The molecule has 134 valence electrons. The van der Waals surface area contributed by atoms with Crippen molar-refractivity contribution in [1.82, 2.24) is 0 Å². The predicted molar refractivity (Wildman–Crippen MR) is 97.1 cm³/mol. The Labute approximate surface area is 150 Å². The number of anilines is 1. The van der Waals surface area contributed by atoms with Crippen LogP contribution in [0.1, 0.15) is 13.3 Å². The van der Waals surface area contributed by atoms with Crippen LogP contribution in [0.25, 0.3) is 21.9 Å². The topological polar surface area (TPSA) is 77.8 Å². The fraction of sp³-hybridized carbons (Fsp3) is 0.300. The molecule has 6 nitrogen and oxygen atoms in total.